The summed E-state index contributed by atoms with van der Waals surface area (Å²) in [5.74, 6) is 0.585. The third-order valence-corrected chi connectivity index (χ3v) is 3.62. The van der Waals surface area contributed by atoms with Crippen LogP contribution in [0.4, 0.5) is 5.95 Å². The summed E-state index contributed by atoms with van der Waals surface area (Å²) in [5, 5.41) is 9.47. The molecule has 0 unspecified atom stereocenters. The van der Waals surface area contributed by atoms with E-state index in [0.29, 0.717) is 28.7 Å². The first-order valence-electron chi connectivity index (χ1n) is 8.11. The van der Waals surface area contributed by atoms with Crippen LogP contribution in [0.1, 0.15) is 16.3 Å². The van der Waals surface area contributed by atoms with Gasteiger partial charge in [0.15, 0.2) is 5.82 Å². The molecule has 9 heteroatoms. The number of aromatic nitrogens is 7. The van der Waals surface area contributed by atoms with E-state index in [1.165, 1.54) is 0 Å². The van der Waals surface area contributed by atoms with Crippen molar-refractivity contribution in [3.63, 3.8) is 0 Å². The Kier molecular flexibility index (Phi) is 4.32. The fourth-order valence-electron chi connectivity index (χ4n) is 2.40. The van der Waals surface area contributed by atoms with Gasteiger partial charge in [-0.2, -0.15) is 15.1 Å². The van der Waals surface area contributed by atoms with Gasteiger partial charge in [0.2, 0.25) is 5.95 Å². The van der Waals surface area contributed by atoms with Crippen LogP contribution in [0.5, 0.6) is 0 Å². The van der Waals surface area contributed by atoms with Crippen LogP contribution < -0.4 is 5.32 Å². The molecule has 0 bridgehead atoms. The third-order valence-electron chi connectivity index (χ3n) is 3.62. The van der Waals surface area contributed by atoms with Crippen LogP contribution in [0.25, 0.3) is 22.9 Å². The monoisotopic (exact) mass is 358 g/mol. The van der Waals surface area contributed by atoms with Gasteiger partial charge in [0, 0.05) is 12.4 Å². The normalized spacial score (nSPS) is 10.6. The van der Waals surface area contributed by atoms with E-state index in [-0.39, 0.29) is 11.6 Å². The van der Waals surface area contributed by atoms with Crippen molar-refractivity contribution < 1.29 is 4.79 Å². The number of carbonyl (C=O) groups is 1. The zero-order valence-corrected chi connectivity index (χ0v) is 14.3. The molecule has 2 N–H and O–H groups in total. The molecule has 0 spiro atoms. The Morgan fingerprint density at radius 3 is 2.37 bits per heavy atom. The van der Waals surface area contributed by atoms with Crippen LogP contribution in [0, 0.1) is 6.92 Å². The molecule has 4 aromatic heterocycles. The maximum absolute atomic E-state index is 12.5. The van der Waals surface area contributed by atoms with Crippen molar-refractivity contribution in [2.24, 2.45) is 0 Å². The maximum Gasteiger partial charge on any atom is 0.276 e. The van der Waals surface area contributed by atoms with Gasteiger partial charge in [-0.25, -0.2) is 4.98 Å². The summed E-state index contributed by atoms with van der Waals surface area (Å²) in [4.78, 5) is 33.6. The molecule has 0 atom stereocenters. The number of rotatable bonds is 4. The Morgan fingerprint density at radius 1 is 0.926 bits per heavy atom. The first kappa shape index (κ1) is 16.5. The largest absolute Gasteiger partial charge is 0.289 e. The first-order chi connectivity index (χ1) is 13.2. The standard InChI is InChI=1S/C18H14N8O/c1-11-21-16(13-7-3-5-9-20-13)23-18(22-11)24-17(27)15-10-14(25-26-15)12-6-2-4-8-19-12/h2-10H,1H3,(H,25,26)(H,21,22,23,24,27). The predicted molar refractivity (Wildman–Crippen MR) is 97.6 cm³/mol. The molecule has 0 saturated carbocycles. The number of hydrogen-bond acceptors (Lipinski definition) is 7. The second kappa shape index (κ2) is 7.08. The van der Waals surface area contributed by atoms with E-state index in [9.17, 15) is 4.79 Å². The van der Waals surface area contributed by atoms with Crippen LogP contribution in [-0.4, -0.2) is 41.0 Å². The van der Waals surface area contributed by atoms with Gasteiger partial charge in [-0.1, -0.05) is 12.1 Å². The maximum atomic E-state index is 12.5. The third kappa shape index (κ3) is 3.66. The summed E-state index contributed by atoms with van der Waals surface area (Å²) in [6.45, 7) is 1.72. The van der Waals surface area contributed by atoms with Gasteiger partial charge in [-0.05, 0) is 37.3 Å². The molecule has 0 radical (unpaired) electrons. The average molecular weight is 358 g/mol. The molecule has 0 saturated heterocycles. The molecule has 0 fully saturated rings. The van der Waals surface area contributed by atoms with Gasteiger partial charge in [0.1, 0.15) is 22.9 Å². The molecule has 1 amide bonds. The highest BCUT2D eigenvalue weighted by Crippen LogP contribution is 2.16. The van der Waals surface area contributed by atoms with Gasteiger partial charge >= 0.3 is 0 Å². The fraction of sp³-hybridized carbons (Fsp3) is 0.0556. The van der Waals surface area contributed by atoms with Crippen molar-refractivity contribution >= 4 is 11.9 Å². The van der Waals surface area contributed by atoms with E-state index in [1.54, 1.807) is 37.5 Å². The van der Waals surface area contributed by atoms with E-state index >= 15 is 0 Å². The zero-order chi connectivity index (χ0) is 18.6. The predicted octanol–water partition coefficient (Wildman–Crippen LogP) is 2.28. The number of H-pyrrole nitrogens is 1. The molecule has 0 aliphatic rings. The lowest BCUT2D eigenvalue weighted by molar-refractivity contribution is 0.102. The highest BCUT2D eigenvalue weighted by molar-refractivity contribution is 6.02. The summed E-state index contributed by atoms with van der Waals surface area (Å²) >= 11 is 0. The number of pyridine rings is 2. The number of hydrogen-bond donors (Lipinski definition) is 2. The zero-order valence-electron chi connectivity index (χ0n) is 14.3. The lowest BCUT2D eigenvalue weighted by Crippen LogP contribution is -2.16. The van der Waals surface area contributed by atoms with E-state index in [2.05, 4.69) is 40.4 Å². The summed E-state index contributed by atoms with van der Waals surface area (Å²) < 4.78 is 0. The number of aromatic amines is 1. The number of anilines is 1. The molecule has 4 rings (SSSR count). The summed E-state index contributed by atoms with van der Waals surface area (Å²) in [5.41, 5.74) is 2.11. The number of carbonyl (C=O) groups excluding carboxylic acids is 1. The molecule has 0 aliphatic carbocycles. The number of amides is 1. The number of aryl methyl sites for hydroxylation is 1. The highest BCUT2D eigenvalue weighted by atomic mass is 16.2. The Balaban J connectivity index is 1.57. The van der Waals surface area contributed by atoms with Gasteiger partial charge < -0.3 is 0 Å². The van der Waals surface area contributed by atoms with Crippen molar-refractivity contribution in [2.45, 2.75) is 6.92 Å². The quantitative estimate of drug-likeness (QED) is 0.574. The molecular formula is C18H14N8O. The van der Waals surface area contributed by atoms with Gasteiger partial charge in [0.05, 0.1) is 5.69 Å². The fourth-order valence-corrected chi connectivity index (χ4v) is 2.40. The van der Waals surface area contributed by atoms with E-state index < -0.39 is 5.91 Å². The highest BCUT2D eigenvalue weighted by Gasteiger charge is 2.15. The lowest BCUT2D eigenvalue weighted by Gasteiger charge is -2.05. The van der Waals surface area contributed by atoms with E-state index in [0.717, 1.165) is 0 Å². The topological polar surface area (TPSA) is 122 Å². The minimum absolute atomic E-state index is 0.141. The van der Waals surface area contributed by atoms with Crippen molar-refractivity contribution in [3.05, 3.63) is 66.4 Å². The minimum Gasteiger partial charge on any atom is -0.289 e. The second-order valence-corrected chi connectivity index (χ2v) is 5.58. The number of nitrogens with one attached hydrogen (secondary N) is 2. The minimum atomic E-state index is -0.415. The molecule has 27 heavy (non-hydrogen) atoms. The van der Waals surface area contributed by atoms with Gasteiger partial charge in [-0.3, -0.25) is 25.2 Å². The molecule has 0 aliphatic heterocycles. The Morgan fingerprint density at radius 2 is 1.67 bits per heavy atom. The Bertz CT molecular complexity index is 1080. The molecule has 9 nitrogen and oxygen atoms in total. The van der Waals surface area contributed by atoms with Gasteiger partial charge in [0.25, 0.3) is 5.91 Å². The lowest BCUT2D eigenvalue weighted by atomic mass is 10.2. The van der Waals surface area contributed by atoms with Crippen molar-refractivity contribution in [1.29, 1.82) is 0 Å². The first-order valence-corrected chi connectivity index (χ1v) is 8.11. The second-order valence-electron chi connectivity index (χ2n) is 5.58. The Hall–Kier alpha value is -4.01. The van der Waals surface area contributed by atoms with Crippen LogP contribution in [0.3, 0.4) is 0 Å². The molecule has 0 aromatic carbocycles. The molecular weight excluding hydrogens is 344 g/mol. The number of nitrogens with zero attached hydrogens (tertiary/aromatic N) is 6. The van der Waals surface area contributed by atoms with Crippen molar-refractivity contribution in [1.82, 2.24) is 35.1 Å². The van der Waals surface area contributed by atoms with Crippen LogP contribution >= 0.6 is 0 Å². The molecule has 132 valence electrons. The summed E-state index contributed by atoms with van der Waals surface area (Å²) in [7, 11) is 0. The summed E-state index contributed by atoms with van der Waals surface area (Å²) in [6, 6.07) is 12.5. The van der Waals surface area contributed by atoms with Gasteiger partial charge in [-0.15, -0.1) is 0 Å². The smallest absolute Gasteiger partial charge is 0.276 e. The Labute approximate surface area is 154 Å². The summed E-state index contributed by atoms with van der Waals surface area (Å²) in [6.07, 6.45) is 3.31. The average Bonchev–Trinajstić information content (AvgIpc) is 3.19. The van der Waals surface area contributed by atoms with Crippen molar-refractivity contribution in [3.8, 4) is 22.9 Å². The van der Waals surface area contributed by atoms with Crippen LogP contribution in [0.2, 0.25) is 0 Å². The van der Waals surface area contributed by atoms with E-state index in [4.69, 9.17) is 0 Å². The SMILES string of the molecule is Cc1nc(NC(=O)c2cc(-c3ccccn3)n[nH]2)nc(-c2ccccn2)n1. The van der Waals surface area contributed by atoms with Crippen LogP contribution in [-0.2, 0) is 0 Å². The van der Waals surface area contributed by atoms with Crippen molar-refractivity contribution in [2.75, 3.05) is 5.32 Å². The molecule has 4 heterocycles. The van der Waals surface area contributed by atoms with E-state index in [1.807, 2.05) is 24.3 Å². The molecule has 4 aromatic rings. The van der Waals surface area contributed by atoms with Crippen LogP contribution in [0.15, 0.2) is 54.9 Å².